The van der Waals surface area contributed by atoms with Crippen molar-refractivity contribution < 1.29 is 14.3 Å². The van der Waals surface area contributed by atoms with Crippen molar-refractivity contribution in [2.24, 2.45) is 0 Å². The van der Waals surface area contributed by atoms with Crippen LogP contribution in [0, 0.1) is 0 Å². The summed E-state index contributed by atoms with van der Waals surface area (Å²) < 4.78 is 5.45. The third-order valence-corrected chi connectivity index (χ3v) is 6.21. The first-order chi connectivity index (χ1) is 16.7. The fourth-order valence-electron chi connectivity index (χ4n) is 4.15. The van der Waals surface area contributed by atoms with E-state index in [4.69, 9.17) is 4.74 Å². The monoisotopic (exact) mass is 480 g/mol. The Morgan fingerprint density at radius 1 is 1.06 bits per heavy atom. The molecule has 1 aliphatic rings. The lowest BCUT2D eigenvalue weighted by Crippen LogP contribution is -2.42. The van der Waals surface area contributed by atoms with Crippen LogP contribution in [0.4, 0.5) is 10.5 Å². The third kappa shape index (κ3) is 7.99. The maximum atomic E-state index is 13.3. The Hall–Kier alpha value is -3.06. The lowest BCUT2D eigenvalue weighted by molar-refractivity contribution is -0.130. The molecule has 0 spiro atoms. The lowest BCUT2D eigenvalue weighted by atomic mass is 9.98. The Morgan fingerprint density at radius 3 is 2.49 bits per heavy atom. The van der Waals surface area contributed by atoms with E-state index in [-0.39, 0.29) is 18.5 Å². The van der Waals surface area contributed by atoms with Crippen LogP contribution in [-0.2, 0) is 29.0 Å². The molecule has 0 saturated heterocycles. The molecule has 0 unspecified atom stereocenters. The molecule has 0 aliphatic carbocycles. The van der Waals surface area contributed by atoms with Crippen LogP contribution < -0.4 is 5.32 Å². The number of ether oxygens (including phenoxy) is 1. The highest BCUT2D eigenvalue weighted by Gasteiger charge is 2.22. The first-order valence-corrected chi connectivity index (χ1v) is 12.5. The number of benzene rings is 2. The van der Waals surface area contributed by atoms with E-state index in [1.54, 1.807) is 11.9 Å². The molecule has 7 nitrogen and oxygen atoms in total. The van der Waals surface area contributed by atoms with E-state index in [0.717, 1.165) is 37.3 Å². The predicted octanol–water partition coefficient (Wildman–Crippen LogP) is 4.37. The Morgan fingerprint density at radius 2 is 1.80 bits per heavy atom. The van der Waals surface area contributed by atoms with E-state index >= 15 is 0 Å². The molecule has 1 heterocycles. The highest BCUT2D eigenvalue weighted by molar-refractivity contribution is 5.81. The zero-order valence-corrected chi connectivity index (χ0v) is 21.8. The quantitative estimate of drug-likeness (QED) is 0.577. The molecule has 0 fully saturated rings. The maximum absolute atomic E-state index is 13.3. The van der Waals surface area contributed by atoms with Crippen LogP contribution in [-0.4, -0.2) is 72.1 Å². The summed E-state index contributed by atoms with van der Waals surface area (Å²) in [6, 6.07) is 16.2. The van der Waals surface area contributed by atoms with Crippen molar-refractivity contribution in [3.8, 4) is 0 Å². The molecule has 3 rings (SSSR count). The van der Waals surface area contributed by atoms with Gasteiger partial charge in [-0.05, 0) is 56.5 Å². The van der Waals surface area contributed by atoms with Crippen LogP contribution in [0.2, 0.25) is 0 Å². The van der Waals surface area contributed by atoms with Gasteiger partial charge in [-0.3, -0.25) is 9.69 Å². The SMILES string of the molecule is CCN1CCc2cccc(NCC(=O)N(CCN(C)C(=O)OC(C)(C)C)Cc3ccccc3)c2C1. The van der Waals surface area contributed by atoms with Crippen molar-refractivity contribution in [2.75, 3.05) is 45.1 Å². The molecule has 0 saturated carbocycles. The molecule has 0 atom stereocenters. The Labute approximate surface area is 210 Å². The topological polar surface area (TPSA) is 65.1 Å². The van der Waals surface area contributed by atoms with Gasteiger partial charge in [-0.15, -0.1) is 0 Å². The van der Waals surface area contributed by atoms with Crippen LogP contribution in [0.25, 0.3) is 0 Å². The van der Waals surface area contributed by atoms with Gasteiger partial charge in [0.1, 0.15) is 5.60 Å². The molecule has 0 bridgehead atoms. The Bertz CT molecular complexity index is 987. The zero-order valence-electron chi connectivity index (χ0n) is 21.8. The van der Waals surface area contributed by atoms with Crippen LogP contribution in [0.1, 0.15) is 44.4 Å². The normalized spacial score (nSPS) is 13.6. The number of nitrogens with one attached hydrogen (secondary N) is 1. The third-order valence-electron chi connectivity index (χ3n) is 6.21. The predicted molar refractivity (Wildman–Crippen MR) is 140 cm³/mol. The second kappa shape index (κ2) is 12.1. The smallest absolute Gasteiger partial charge is 0.410 e. The second-order valence-electron chi connectivity index (χ2n) is 10.1. The number of rotatable bonds is 9. The summed E-state index contributed by atoms with van der Waals surface area (Å²) in [7, 11) is 1.70. The van der Waals surface area contributed by atoms with Crippen molar-refractivity contribution in [2.45, 2.75) is 52.8 Å². The number of amides is 2. The molecular formula is C28H40N4O3. The number of carbonyl (C=O) groups is 2. The van der Waals surface area contributed by atoms with E-state index in [2.05, 4.69) is 35.3 Å². The van der Waals surface area contributed by atoms with Gasteiger partial charge in [0.2, 0.25) is 5.91 Å². The summed E-state index contributed by atoms with van der Waals surface area (Å²) in [5.74, 6) is -0.00722. The minimum atomic E-state index is -0.559. The van der Waals surface area contributed by atoms with Crippen molar-refractivity contribution in [1.29, 1.82) is 0 Å². The molecule has 2 aromatic carbocycles. The van der Waals surface area contributed by atoms with Gasteiger partial charge in [0.05, 0.1) is 6.54 Å². The van der Waals surface area contributed by atoms with E-state index in [9.17, 15) is 9.59 Å². The summed E-state index contributed by atoms with van der Waals surface area (Å²) >= 11 is 0. The fourth-order valence-corrected chi connectivity index (χ4v) is 4.15. The lowest BCUT2D eigenvalue weighted by Gasteiger charge is -2.30. The van der Waals surface area contributed by atoms with Gasteiger partial charge >= 0.3 is 6.09 Å². The molecule has 1 N–H and O–H groups in total. The van der Waals surface area contributed by atoms with Gasteiger partial charge in [0.15, 0.2) is 0 Å². The Balaban J connectivity index is 1.66. The maximum Gasteiger partial charge on any atom is 0.410 e. The van der Waals surface area contributed by atoms with Crippen molar-refractivity contribution >= 4 is 17.7 Å². The van der Waals surface area contributed by atoms with Crippen molar-refractivity contribution in [3.05, 3.63) is 65.2 Å². The van der Waals surface area contributed by atoms with Gasteiger partial charge in [-0.25, -0.2) is 4.79 Å². The second-order valence-corrected chi connectivity index (χ2v) is 10.1. The van der Waals surface area contributed by atoms with Crippen LogP contribution in [0.15, 0.2) is 48.5 Å². The van der Waals surface area contributed by atoms with Gasteiger partial charge in [-0.2, -0.15) is 0 Å². The average Bonchev–Trinajstić information content (AvgIpc) is 2.84. The minimum Gasteiger partial charge on any atom is -0.444 e. The molecule has 7 heteroatoms. The molecule has 2 amide bonds. The molecule has 1 aliphatic heterocycles. The van der Waals surface area contributed by atoms with E-state index in [1.807, 2.05) is 51.1 Å². The fraction of sp³-hybridized carbons (Fsp3) is 0.500. The number of fused-ring (bicyclic) bond motifs is 1. The minimum absolute atomic E-state index is 0.00722. The average molecular weight is 481 g/mol. The molecule has 2 aromatic rings. The zero-order chi connectivity index (χ0) is 25.4. The molecule has 0 aromatic heterocycles. The standard InChI is InChI=1S/C28H40N4O3/c1-6-31-16-15-23-13-10-14-25(24(23)21-31)29-19-26(33)32(20-22-11-8-7-9-12-22)18-17-30(5)27(34)35-28(2,3)4/h7-14,29H,6,15-21H2,1-5H3. The van der Waals surface area contributed by atoms with Crippen LogP contribution in [0.5, 0.6) is 0 Å². The van der Waals surface area contributed by atoms with E-state index in [1.165, 1.54) is 16.0 Å². The first kappa shape index (κ1) is 26.5. The van der Waals surface area contributed by atoms with Gasteiger partial charge in [0.25, 0.3) is 0 Å². The van der Waals surface area contributed by atoms with Gasteiger partial charge in [-0.1, -0.05) is 49.4 Å². The molecule has 190 valence electrons. The van der Waals surface area contributed by atoms with Crippen LogP contribution in [0.3, 0.4) is 0 Å². The summed E-state index contributed by atoms with van der Waals surface area (Å²) in [4.78, 5) is 31.5. The molecular weight excluding hydrogens is 440 g/mol. The van der Waals surface area contributed by atoms with Crippen molar-refractivity contribution in [3.63, 3.8) is 0 Å². The summed E-state index contributed by atoms with van der Waals surface area (Å²) in [6.45, 7) is 12.2. The number of hydrogen-bond donors (Lipinski definition) is 1. The largest absolute Gasteiger partial charge is 0.444 e. The summed E-state index contributed by atoms with van der Waals surface area (Å²) in [5, 5.41) is 3.40. The number of carbonyl (C=O) groups excluding carboxylic acids is 2. The van der Waals surface area contributed by atoms with Gasteiger partial charge < -0.3 is 19.9 Å². The molecule has 35 heavy (non-hydrogen) atoms. The number of anilines is 1. The molecule has 0 radical (unpaired) electrons. The first-order valence-electron chi connectivity index (χ1n) is 12.5. The summed E-state index contributed by atoms with van der Waals surface area (Å²) in [5.41, 5.74) is 4.16. The number of hydrogen-bond acceptors (Lipinski definition) is 5. The highest BCUT2D eigenvalue weighted by Crippen LogP contribution is 2.26. The number of nitrogens with zero attached hydrogens (tertiary/aromatic N) is 3. The van der Waals surface area contributed by atoms with Crippen LogP contribution >= 0.6 is 0 Å². The summed E-state index contributed by atoms with van der Waals surface area (Å²) in [6.07, 6.45) is 0.642. The van der Waals surface area contributed by atoms with E-state index in [0.29, 0.717) is 19.6 Å². The van der Waals surface area contributed by atoms with Gasteiger partial charge in [0, 0.05) is 45.5 Å². The Kier molecular flexibility index (Phi) is 9.15. The van der Waals surface area contributed by atoms with E-state index < -0.39 is 5.60 Å². The van der Waals surface area contributed by atoms with Crippen molar-refractivity contribution in [1.82, 2.24) is 14.7 Å². The highest BCUT2D eigenvalue weighted by atomic mass is 16.6. The number of likely N-dealkylation sites (N-methyl/N-ethyl adjacent to an activating group) is 2.